The molecule has 1 heterocycles. The molecule has 5 nitrogen and oxygen atoms in total. The third kappa shape index (κ3) is 3.80. The second kappa shape index (κ2) is 6.36. The number of hydrogen-bond donors (Lipinski definition) is 3. The third-order valence-electron chi connectivity index (χ3n) is 2.78. The van der Waals surface area contributed by atoms with Gasteiger partial charge in [0.25, 0.3) is 0 Å². The predicted octanol–water partition coefficient (Wildman–Crippen LogP) is 1.94. The zero-order chi connectivity index (χ0) is 14.6. The Balaban J connectivity index is 2.05. The van der Waals surface area contributed by atoms with Gasteiger partial charge in [0.15, 0.2) is 0 Å². The van der Waals surface area contributed by atoms with Crippen molar-refractivity contribution < 1.29 is 8.42 Å². The van der Waals surface area contributed by atoms with Crippen LogP contribution in [0.5, 0.6) is 0 Å². The molecule has 1 atom stereocenters. The maximum atomic E-state index is 12.2. The first-order chi connectivity index (χ1) is 9.51. The van der Waals surface area contributed by atoms with Gasteiger partial charge in [-0.1, -0.05) is 6.07 Å². The van der Waals surface area contributed by atoms with Crippen LogP contribution in [0.4, 0.5) is 5.69 Å². The molecule has 0 radical (unpaired) electrons. The molecule has 1 aromatic heterocycles. The molecule has 2 rings (SSSR count). The topological polar surface area (TPSA) is 84.2 Å². The molecule has 1 unspecified atom stereocenters. The van der Waals surface area contributed by atoms with E-state index in [4.69, 9.17) is 5.84 Å². The van der Waals surface area contributed by atoms with E-state index >= 15 is 0 Å². The van der Waals surface area contributed by atoms with Crippen LogP contribution in [0.25, 0.3) is 0 Å². The third-order valence-corrected chi connectivity index (χ3v) is 5.28. The van der Waals surface area contributed by atoms with Crippen molar-refractivity contribution in [1.82, 2.24) is 4.72 Å². The average Bonchev–Trinajstić information content (AvgIpc) is 2.91. The summed E-state index contributed by atoms with van der Waals surface area (Å²) < 4.78 is 27.1. The number of hydrazine groups is 1. The molecule has 0 aliphatic heterocycles. The van der Waals surface area contributed by atoms with Gasteiger partial charge in [-0.3, -0.25) is 5.84 Å². The largest absolute Gasteiger partial charge is 0.324 e. The van der Waals surface area contributed by atoms with Gasteiger partial charge in [-0.2, -0.15) is 0 Å². The molecular formula is C13H17N3O2S2. The highest BCUT2D eigenvalue weighted by Gasteiger charge is 2.17. The van der Waals surface area contributed by atoms with Crippen LogP contribution >= 0.6 is 11.3 Å². The highest BCUT2D eigenvalue weighted by molar-refractivity contribution is 7.89. The summed E-state index contributed by atoms with van der Waals surface area (Å²) >= 11 is 1.62. The monoisotopic (exact) mass is 311 g/mol. The van der Waals surface area contributed by atoms with Crippen LogP contribution < -0.4 is 16.0 Å². The summed E-state index contributed by atoms with van der Waals surface area (Å²) in [6.45, 7) is 1.85. The molecule has 2 aromatic rings. The van der Waals surface area contributed by atoms with Gasteiger partial charge >= 0.3 is 0 Å². The van der Waals surface area contributed by atoms with Crippen molar-refractivity contribution >= 4 is 27.0 Å². The van der Waals surface area contributed by atoms with E-state index in [1.54, 1.807) is 23.5 Å². The summed E-state index contributed by atoms with van der Waals surface area (Å²) in [6, 6.07) is 10.1. The SMILES string of the molecule is CC(Cc1cccs1)NS(=O)(=O)c1ccc(NN)cc1. The number of rotatable bonds is 6. The Morgan fingerprint density at radius 3 is 2.50 bits per heavy atom. The summed E-state index contributed by atoms with van der Waals surface area (Å²) in [5.41, 5.74) is 3.12. The first-order valence-corrected chi connectivity index (χ1v) is 8.49. The van der Waals surface area contributed by atoms with E-state index in [0.717, 1.165) is 4.88 Å². The molecule has 0 bridgehead atoms. The van der Waals surface area contributed by atoms with Gasteiger partial charge in [-0.25, -0.2) is 13.1 Å². The average molecular weight is 311 g/mol. The Kier molecular flexibility index (Phi) is 4.77. The molecule has 0 spiro atoms. The molecule has 7 heteroatoms. The first kappa shape index (κ1) is 15.0. The molecule has 0 amide bonds. The van der Waals surface area contributed by atoms with E-state index in [-0.39, 0.29) is 10.9 Å². The molecule has 4 N–H and O–H groups in total. The lowest BCUT2D eigenvalue weighted by Gasteiger charge is -2.13. The minimum atomic E-state index is -3.50. The van der Waals surface area contributed by atoms with E-state index < -0.39 is 10.0 Å². The summed E-state index contributed by atoms with van der Waals surface area (Å²) in [5.74, 6) is 5.25. The number of nitrogens with two attached hydrogens (primary N) is 1. The van der Waals surface area contributed by atoms with Gasteiger partial charge in [0.2, 0.25) is 10.0 Å². The molecule has 108 valence electrons. The smallest absolute Gasteiger partial charge is 0.240 e. The van der Waals surface area contributed by atoms with Gasteiger partial charge in [0.1, 0.15) is 0 Å². The zero-order valence-corrected chi connectivity index (χ0v) is 12.7. The highest BCUT2D eigenvalue weighted by Crippen LogP contribution is 2.15. The van der Waals surface area contributed by atoms with Crippen LogP contribution in [-0.2, 0) is 16.4 Å². The van der Waals surface area contributed by atoms with Crippen molar-refractivity contribution in [3.05, 3.63) is 46.7 Å². The van der Waals surface area contributed by atoms with Crippen LogP contribution in [-0.4, -0.2) is 14.5 Å². The maximum Gasteiger partial charge on any atom is 0.240 e. The molecule has 0 saturated heterocycles. The Morgan fingerprint density at radius 2 is 1.95 bits per heavy atom. The van der Waals surface area contributed by atoms with Crippen LogP contribution in [0.15, 0.2) is 46.7 Å². The zero-order valence-electron chi connectivity index (χ0n) is 11.0. The Bertz CT molecular complexity index is 637. The molecule has 20 heavy (non-hydrogen) atoms. The Morgan fingerprint density at radius 1 is 1.25 bits per heavy atom. The normalized spacial score (nSPS) is 13.1. The van der Waals surface area contributed by atoms with E-state index in [9.17, 15) is 8.42 Å². The summed E-state index contributed by atoms with van der Waals surface area (Å²) in [4.78, 5) is 1.39. The molecule has 1 aromatic carbocycles. The molecule has 0 aliphatic rings. The fourth-order valence-electron chi connectivity index (χ4n) is 1.84. The number of nitrogens with one attached hydrogen (secondary N) is 2. The molecule has 0 saturated carbocycles. The minimum Gasteiger partial charge on any atom is -0.324 e. The number of thiophene rings is 1. The summed E-state index contributed by atoms with van der Waals surface area (Å²) in [7, 11) is -3.50. The van der Waals surface area contributed by atoms with Gasteiger partial charge in [-0.15, -0.1) is 11.3 Å². The van der Waals surface area contributed by atoms with Crippen molar-refractivity contribution in [1.29, 1.82) is 0 Å². The quantitative estimate of drug-likeness (QED) is 0.562. The lowest BCUT2D eigenvalue weighted by atomic mass is 10.2. The fourth-order valence-corrected chi connectivity index (χ4v) is 3.91. The van der Waals surface area contributed by atoms with E-state index in [0.29, 0.717) is 12.1 Å². The van der Waals surface area contributed by atoms with E-state index in [2.05, 4.69) is 10.1 Å². The Hall–Kier alpha value is -1.41. The number of sulfonamides is 1. The van der Waals surface area contributed by atoms with Crippen molar-refractivity contribution in [2.75, 3.05) is 5.43 Å². The van der Waals surface area contributed by atoms with Crippen LogP contribution in [0.3, 0.4) is 0 Å². The van der Waals surface area contributed by atoms with Crippen LogP contribution in [0.2, 0.25) is 0 Å². The summed E-state index contributed by atoms with van der Waals surface area (Å²) in [5, 5.41) is 1.98. The number of anilines is 1. The second-order valence-electron chi connectivity index (χ2n) is 4.47. The maximum absolute atomic E-state index is 12.2. The molecule has 0 aliphatic carbocycles. The first-order valence-electron chi connectivity index (χ1n) is 6.12. The van der Waals surface area contributed by atoms with Gasteiger partial charge in [0.05, 0.1) is 4.90 Å². The number of nitrogen functional groups attached to an aromatic ring is 1. The van der Waals surface area contributed by atoms with Crippen molar-refractivity contribution in [3.8, 4) is 0 Å². The van der Waals surface area contributed by atoms with Crippen LogP contribution in [0.1, 0.15) is 11.8 Å². The Labute approximate surface area is 122 Å². The lowest BCUT2D eigenvalue weighted by molar-refractivity contribution is 0.561. The summed E-state index contributed by atoms with van der Waals surface area (Å²) in [6.07, 6.45) is 0.680. The second-order valence-corrected chi connectivity index (χ2v) is 7.22. The molecule has 0 fully saturated rings. The minimum absolute atomic E-state index is 0.161. The van der Waals surface area contributed by atoms with Gasteiger partial charge in [-0.05, 0) is 49.1 Å². The number of hydrogen-bond acceptors (Lipinski definition) is 5. The van der Waals surface area contributed by atoms with Crippen molar-refractivity contribution in [3.63, 3.8) is 0 Å². The number of benzene rings is 1. The highest BCUT2D eigenvalue weighted by atomic mass is 32.2. The van der Waals surface area contributed by atoms with E-state index in [1.165, 1.54) is 12.1 Å². The van der Waals surface area contributed by atoms with Crippen molar-refractivity contribution in [2.24, 2.45) is 5.84 Å². The van der Waals surface area contributed by atoms with Gasteiger partial charge in [0, 0.05) is 16.6 Å². The molecular weight excluding hydrogens is 294 g/mol. The lowest BCUT2D eigenvalue weighted by Crippen LogP contribution is -2.33. The van der Waals surface area contributed by atoms with Crippen LogP contribution in [0, 0.1) is 0 Å². The van der Waals surface area contributed by atoms with Crippen molar-refractivity contribution in [2.45, 2.75) is 24.3 Å². The predicted molar refractivity (Wildman–Crippen MR) is 82.1 cm³/mol. The van der Waals surface area contributed by atoms with E-state index in [1.807, 2.05) is 24.4 Å². The van der Waals surface area contributed by atoms with Gasteiger partial charge < -0.3 is 5.43 Å². The standard InChI is InChI=1S/C13H17N3O2S2/c1-10(9-12-3-2-8-19-12)16-20(17,18)13-6-4-11(15-14)5-7-13/h2-8,10,15-16H,9,14H2,1H3. The fraction of sp³-hybridized carbons (Fsp3) is 0.231.